The number of hydrogen-bond donors (Lipinski definition) is 4. The largest absolute Gasteiger partial charge is 0.453 e. The standard InChI is InChI=1S/C48H53N9O5/c1-4-37(53-48(61)62-3)45(58)56-27-9-14-40(56)43-49-29-38(51-43)34-22-18-32(19-23-34)16-17-33-20-24-35(25-21-33)39-30-50-44(52-39)41-15-10-28-57(41)46(59)42(36-12-6-5-7-13-36)54-47(60)55-26-8-11-31(55)2/h5-7,12-13,18-25,29-31,37,40-42H,4,8-11,14-15,26-28H2,1-3H3,(H,49,51)(H,50,52)(H,53,61)(H,54,60). The predicted octanol–water partition coefficient (Wildman–Crippen LogP) is 7.26. The third-order valence-electron chi connectivity index (χ3n) is 12.3. The lowest BCUT2D eigenvalue weighted by Gasteiger charge is -2.30. The van der Waals surface area contributed by atoms with Crippen molar-refractivity contribution in [1.29, 1.82) is 0 Å². The van der Waals surface area contributed by atoms with Gasteiger partial charge in [0.2, 0.25) is 11.8 Å². The van der Waals surface area contributed by atoms with Crippen LogP contribution in [0.4, 0.5) is 9.59 Å². The molecule has 5 aromatic rings. The normalized spacial score (nSPS) is 19.4. The number of urea groups is 1. The maximum atomic E-state index is 14.3. The summed E-state index contributed by atoms with van der Waals surface area (Å²) in [7, 11) is 1.28. The van der Waals surface area contributed by atoms with E-state index in [1.807, 2.05) is 109 Å². The molecule has 0 spiro atoms. The topological polar surface area (TPSA) is 169 Å². The van der Waals surface area contributed by atoms with Gasteiger partial charge in [0.15, 0.2) is 0 Å². The van der Waals surface area contributed by atoms with Gasteiger partial charge in [0, 0.05) is 36.8 Å². The van der Waals surface area contributed by atoms with E-state index in [-0.39, 0.29) is 36.0 Å². The number of nitrogens with one attached hydrogen (secondary N) is 4. The minimum absolute atomic E-state index is 0.135. The molecule has 3 aliphatic heterocycles. The Balaban J connectivity index is 0.895. The van der Waals surface area contributed by atoms with Crippen molar-refractivity contribution in [3.05, 3.63) is 120 Å². The van der Waals surface area contributed by atoms with Crippen molar-refractivity contribution in [1.82, 2.24) is 45.3 Å². The van der Waals surface area contributed by atoms with Crippen LogP contribution in [0.15, 0.2) is 91.3 Å². The zero-order valence-electron chi connectivity index (χ0n) is 35.4. The average molecular weight is 836 g/mol. The molecule has 3 aromatic carbocycles. The number of rotatable bonds is 10. The number of carbonyl (C=O) groups excluding carboxylic acids is 4. The second kappa shape index (κ2) is 18.8. The highest BCUT2D eigenvalue weighted by molar-refractivity contribution is 5.89. The molecule has 3 fully saturated rings. The third kappa shape index (κ3) is 9.07. The first-order valence-corrected chi connectivity index (χ1v) is 21.6. The number of alkyl carbamates (subject to hydrolysis) is 1. The summed E-state index contributed by atoms with van der Waals surface area (Å²) in [6.07, 6.45) is 8.60. The van der Waals surface area contributed by atoms with Crippen LogP contribution in [-0.2, 0) is 14.3 Å². The first-order valence-electron chi connectivity index (χ1n) is 21.6. The number of nitrogens with zero attached hydrogens (tertiary/aromatic N) is 5. The van der Waals surface area contributed by atoms with Crippen LogP contribution in [0.25, 0.3) is 22.5 Å². The van der Waals surface area contributed by atoms with Gasteiger partial charge in [-0.1, -0.05) is 73.4 Å². The van der Waals surface area contributed by atoms with Crippen LogP contribution in [0.1, 0.15) is 105 Å². The van der Waals surface area contributed by atoms with Gasteiger partial charge in [-0.2, -0.15) is 0 Å². The van der Waals surface area contributed by atoms with Crippen molar-refractivity contribution in [2.45, 2.75) is 89.0 Å². The number of imidazole rings is 2. The lowest BCUT2D eigenvalue weighted by Crippen LogP contribution is -2.48. The van der Waals surface area contributed by atoms with E-state index >= 15 is 0 Å². The van der Waals surface area contributed by atoms with Crippen LogP contribution in [-0.4, -0.2) is 97.4 Å². The molecule has 3 saturated heterocycles. The van der Waals surface area contributed by atoms with Crippen LogP contribution in [0.3, 0.4) is 0 Å². The molecule has 320 valence electrons. The highest BCUT2D eigenvalue weighted by atomic mass is 16.5. The highest BCUT2D eigenvalue weighted by Gasteiger charge is 2.39. The van der Waals surface area contributed by atoms with Crippen LogP contribution < -0.4 is 10.6 Å². The number of aromatic amines is 2. The van der Waals surface area contributed by atoms with Gasteiger partial charge in [-0.3, -0.25) is 9.59 Å². The van der Waals surface area contributed by atoms with Crippen molar-refractivity contribution in [3.63, 3.8) is 0 Å². The Hall–Kier alpha value is -6.88. The van der Waals surface area contributed by atoms with Gasteiger partial charge >= 0.3 is 12.1 Å². The van der Waals surface area contributed by atoms with Crippen molar-refractivity contribution < 1.29 is 23.9 Å². The molecule has 4 N–H and O–H groups in total. The highest BCUT2D eigenvalue weighted by Crippen LogP contribution is 2.35. The number of carbonyl (C=O) groups is 4. The summed E-state index contributed by atoms with van der Waals surface area (Å²) in [5.74, 6) is 7.69. The molecule has 8 rings (SSSR count). The molecule has 62 heavy (non-hydrogen) atoms. The van der Waals surface area contributed by atoms with E-state index in [2.05, 4.69) is 37.4 Å². The lowest BCUT2D eigenvalue weighted by molar-refractivity contribution is -0.135. The molecule has 5 amide bonds. The van der Waals surface area contributed by atoms with E-state index in [0.29, 0.717) is 26.1 Å². The SMILES string of the molecule is CCC(NC(=O)OC)C(=O)N1CCCC1c1ncc(-c2ccc(C#Cc3ccc(-c4cnc(C5CCCN5C(=O)C(NC(=O)N5CCCC5C)c5ccccc5)[nH]4)cc3)cc2)[nH]1. The van der Waals surface area contributed by atoms with Crippen LogP contribution in [0.2, 0.25) is 0 Å². The second-order valence-corrected chi connectivity index (χ2v) is 16.2. The zero-order valence-corrected chi connectivity index (χ0v) is 35.4. The quantitative estimate of drug-likeness (QED) is 0.107. The number of aromatic nitrogens is 4. The molecule has 0 radical (unpaired) electrons. The number of amides is 5. The first kappa shape index (κ1) is 41.8. The van der Waals surface area contributed by atoms with Crippen molar-refractivity contribution in [3.8, 4) is 34.4 Å². The molecular formula is C48H53N9O5. The number of benzene rings is 3. The van der Waals surface area contributed by atoms with E-state index in [4.69, 9.17) is 9.72 Å². The Morgan fingerprint density at radius 1 is 0.710 bits per heavy atom. The zero-order chi connectivity index (χ0) is 43.2. The number of hydrogen-bond acceptors (Lipinski definition) is 7. The minimum atomic E-state index is -0.796. The van der Waals surface area contributed by atoms with Gasteiger partial charge in [-0.05, 0) is 92.8 Å². The van der Waals surface area contributed by atoms with Crippen molar-refractivity contribution >= 4 is 23.9 Å². The fourth-order valence-corrected chi connectivity index (χ4v) is 8.83. The number of methoxy groups -OCH3 is 1. The number of ether oxygens (including phenoxy) is 1. The van der Waals surface area contributed by atoms with Crippen molar-refractivity contribution in [2.75, 3.05) is 26.7 Å². The Bertz CT molecular complexity index is 2440. The van der Waals surface area contributed by atoms with Crippen LogP contribution in [0, 0.1) is 11.8 Å². The average Bonchev–Trinajstić information content (AvgIpc) is 4.17. The number of likely N-dealkylation sites (tertiary alicyclic amines) is 3. The van der Waals surface area contributed by atoms with E-state index in [9.17, 15) is 19.2 Å². The Labute approximate surface area is 361 Å². The molecular weight excluding hydrogens is 783 g/mol. The predicted molar refractivity (Wildman–Crippen MR) is 234 cm³/mol. The Morgan fingerprint density at radius 2 is 1.23 bits per heavy atom. The molecule has 14 nitrogen and oxygen atoms in total. The molecule has 5 atom stereocenters. The van der Waals surface area contributed by atoms with Gasteiger partial charge < -0.3 is 40.0 Å². The van der Waals surface area contributed by atoms with Gasteiger partial charge in [-0.15, -0.1) is 0 Å². The second-order valence-electron chi connectivity index (χ2n) is 16.2. The maximum absolute atomic E-state index is 14.3. The summed E-state index contributed by atoms with van der Waals surface area (Å²) < 4.78 is 4.71. The Kier molecular flexibility index (Phi) is 12.7. The first-order chi connectivity index (χ1) is 30.2. The van der Waals surface area contributed by atoms with E-state index in [0.717, 1.165) is 89.4 Å². The summed E-state index contributed by atoms with van der Waals surface area (Å²) in [6, 6.07) is 23.4. The van der Waals surface area contributed by atoms with Crippen LogP contribution in [0.5, 0.6) is 0 Å². The van der Waals surface area contributed by atoms with Gasteiger partial charge in [0.25, 0.3) is 0 Å². The molecule has 5 heterocycles. The smallest absolute Gasteiger partial charge is 0.407 e. The minimum Gasteiger partial charge on any atom is -0.453 e. The Morgan fingerprint density at radius 3 is 1.73 bits per heavy atom. The lowest BCUT2D eigenvalue weighted by atomic mass is 10.0. The summed E-state index contributed by atoms with van der Waals surface area (Å²) in [4.78, 5) is 74.5. The third-order valence-corrected chi connectivity index (χ3v) is 12.3. The fourth-order valence-electron chi connectivity index (χ4n) is 8.83. The van der Waals surface area contributed by atoms with Gasteiger partial charge in [-0.25, -0.2) is 19.6 Å². The molecule has 5 unspecified atom stereocenters. The van der Waals surface area contributed by atoms with Crippen molar-refractivity contribution in [2.24, 2.45) is 0 Å². The fraction of sp³-hybridized carbons (Fsp3) is 0.375. The molecule has 3 aliphatic rings. The monoisotopic (exact) mass is 835 g/mol. The molecule has 14 heteroatoms. The van der Waals surface area contributed by atoms with Gasteiger partial charge in [0.05, 0.1) is 43.0 Å². The molecule has 0 aliphatic carbocycles. The summed E-state index contributed by atoms with van der Waals surface area (Å²) in [5.41, 5.74) is 6.08. The molecule has 2 aromatic heterocycles. The van der Waals surface area contributed by atoms with Crippen LogP contribution >= 0.6 is 0 Å². The van der Waals surface area contributed by atoms with E-state index < -0.39 is 18.2 Å². The van der Waals surface area contributed by atoms with E-state index in [1.165, 1.54) is 7.11 Å². The van der Waals surface area contributed by atoms with Gasteiger partial charge in [0.1, 0.15) is 23.7 Å². The molecule has 0 bridgehead atoms. The molecule has 0 saturated carbocycles. The van der Waals surface area contributed by atoms with E-state index in [1.54, 1.807) is 11.1 Å². The summed E-state index contributed by atoms with van der Waals surface area (Å²) in [5, 5.41) is 5.72. The summed E-state index contributed by atoms with van der Waals surface area (Å²) in [6.45, 7) is 5.78. The number of H-pyrrole nitrogens is 2. The summed E-state index contributed by atoms with van der Waals surface area (Å²) >= 11 is 0. The maximum Gasteiger partial charge on any atom is 0.407 e.